The van der Waals surface area contributed by atoms with Gasteiger partial charge in [0.05, 0.1) is 6.04 Å². The molecule has 3 N–H and O–H groups in total. The van der Waals surface area contributed by atoms with Crippen LogP contribution in [0.1, 0.15) is 31.7 Å². The molecule has 0 amide bonds. The second-order valence-electron chi connectivity index (χ2n) is 7.20. The first-order chi connectivity index (χ1) is 14.0. The number of nitrogens with zero attached hydrogens (tertiary/aromatic N) is 3. The molecule has 2 saturated carbocycles. The van der Waals surface area contributed by atoms with E-state index in [4.69, 9.17) is 83.2 Å². The summed E-state index contributed by atoms with van der Waals surface area (Å²) in [5.41, 5.74) is 2.64. The Kier molecular flexibility index (Phi) is 16.8. The number of hydrogen-bond acceptors (Lipinski definition) is 4. The molecular formula is C8H15B17N5. The Balaban J connectivity index is 0.000000379. The van der Waals surface area contributed by atoms with Crippen LogP contribution >= 0.6 is 0 Å². The lowest BCUT2D eigenvalue weighted by molar-refractivity contribution is 0.639. The highest BCUT2D eigenvalue weighted by molar-refractivity contribution is 7.93. The highest BCUT2D eigenvalue weighted by Gasteiger charge is 2.23. The van der Waals surface area contributed by atoms with Gasteiger partial charge in [-0.1, -0.05) is 0 Å². The summed E-state index contributed by atoms with van der Waals surface area (Å²) in [6.45, 7) is 0. The summed E-state index contributed by atoms with van der Waals surface area (Å²) >= 11 is 0. The summed E-state index contributed by atoms with van der Waals surface area (Å²) in [5.74, 6) is 4.98. The number of rotatable bonds is 7. The number of nitrogens with two attached hydrogens (primary N) is 1. The molecule has 0 spiro atoms. The minimum absolute atomic E-state index is 0.315. The van der Waals surface area contributed by atoms with Gasteiger partial charge in [-0.05, 0) is 25.7 Å². The van der Waals surface area contributed by atoms with E-state index in [9.17, 15) is 0 Å². The predicted octanol–water partition coefficient (Wildman–Crippen LogP) is -6.25. The van der Waals surface area contributed by atoms with Crippen molar-refractivity contribution in [2.45, 2.75) is 37.8 Å². The summed E-state index contributed by atoms with van der Waals surface area (Å²) in [6.07, 6.45) is 5.23. The molecule has 1 heterocycles. The van der Waals surface area contributed by atoms with Crippen molar-refractivity contribution in [2.24, 2.45) is 5.84 Å². The minimum atomic E-state index is -0.630. The Bertz CT molecular complexity index is 494. The lowest BCUT2D eigenvalue weighted by atomic mass is 8.64. The second kappa shape index (κ2) is 16.7. The van der Waals surface area contributed by atoms with Crippen LogP contribution in [0.3, 0.4) is 0 Å². The van der Waals surface area contributed by atoms with Crippen molar-refractivity contribution in [3.05, 3.63) is 12.7 Å². The van der Waals surface area contributed by atoms with Gasteiger partial charge >= 0.3 is 0 Å². The quantitative estimate of drug-likeness (QED) is 0.287. The molecule has 2 aliphatic carbocycles. The molecule has 0 aromatic carbocycles. The van der Waals surface area contributed by atoms with Crippen molar-refractivity contribution in [1.82, 2.24) is 20.2 Å². The molecule has 30 heavy (non-hydrogen) atoms. The summed E-state index contributed by atoms with van der Waals surface area (Å²) in [5, 5.41) is 3.98. The summed E-state index contributed by atoms with van der Waals surface area (Å²) in [4.78, 5) is 3.84. The minimum Gasteiger partial charge on any atom is -0.271 e. The van der Waals surface area contributed by atoms with Crippen LogP contribution in [0.2, 0.25) is 0 Å². The highest BCUT2D eigenvalue weighted by atomic mass is 15.3. The van der Waals surface area contributed by atoms with Crippen molar-refractivity contribution in [2.75, 3.05) is 0 Å². The van der Waals surface area contributed by atoms with E-state index in [1.807, 2.05) is 4.68 Å². The molecule has 0 atom stereocenters. The lowest BCUT2D eigenvalue weighted by Crippen LogP contribution is -2.55. The Morgan fingerprint density at radius 3 is 1.50 bits per heavy atom. The molecule has 123 valence electrons. The number of nitrogens with one attached hydrogen (secondary N) is 1. The molecular weight excluding hydrogens is 350 g/mol. The first-order valence-corrected chi connectivity index (χ1v) is 9.70. The fourth-order valence-electron chi connectivity index (χ4n) is 1.76. The average Bonchev–Trinajstić information content (AvgIpc) is 3.62. The third-order valence-corrected chi connectivity index (χ3v) is 4.17. The van der Waals surface area contributed by atoms with Crippen molar-refractivity contribution in [3.63, 3.8) is 0 Å². The van der Waals surface area contributed by atoms with Crippen LogP contribution in [0.25, 0.3) is 0 Å². The summed E-state index contributed by atoms with van der Waals surface area (Å²) < 4.78 is 1.92. The zero-order valence-corrected chi connectivity index (χ0v) is 17.4. The van der Waals surface area contributed by atoms with Crippen LogP contribution in [-0.4, -0.2) is 144 Å². The molecule has 2 aliphatic rings. The third-order valence-electron chi connectivity index (χ3n) is 4.17. The summed E-state index contributed by atoms with van der Waals surface area (Å²) in [6, 6.07) is 1.34. The molecule has 0 unspecified atom stereocenters. The second-order valence-corrected chi connectivity index (χ2v) is 7.20. The van der Waals surface area contributed by atoms with Crippen molar-refractivity contribution >= 4 is 123 Å². The molecule has 2 fully saturated rings. The maximum absolute atomic E-state index is 5.26. The van der Waals surface area contributed by atoms with Gasteiger partial charge < -0.3 is 0 Å². The van der Waals surface area contributed by atoms with Gasteiger partial charge in [0.1, 0.15) is 12.7 Å². The number of hydrogen-bond donors (Lipinski definition) is 2. The third kappa shape index (κ3) is 15.0. The van der Waals surface area contributed by atoms with Crippen LogP contribution in [-0.2, 0) is 0 Å². The van der Waals surface area contributed by atoms with Crippen LogP contribution in [0.4, 0.5) is 0 Å². The molecule has 0 saturated heterocycles. The first-order valence-electron chi connectivity index (χ1n) is 9.70. The monoisotopic (exact) mass is 368 g/mol. The van der Waals surface area contributed by atoms with Gasteiger partial charge in [-0.3, -0.25) is 11.3 Å². The number of hydrazine groups is 1. The average molecular weight is 365 g/mol. The van der Waals surface area contributed by atoms with Crippen molar-refractivity contribution in [1.29, 1.82) is 0 Å². The standard InChI is InChI=1S/C5H7N3.C3H8N2.B9.B8/c1-2-5(1)8-4-6-3-7-8;4-5-3-1-2-3;1-6-9(7(2)3)8(4)5;1-6(2)8(5)7(3)4/h3-5H,1-2H2;3,5H,1-2,4H2;;. The van der Waals surface area contributed by atoms with Gasteiger partial charge in [-0.25, -0.2) is 9.67 Å². The number of aromatic nitrogens is 3. The van der Waals surface area contributed by atoms with Crippen LogP contribution in [0.15, 0.2) is 12.7 Å². The predicted molar refractivity (Wildman–Crippen MR) is 146 cm³/mol. The normalized spacial score (nSPS) is 13.5. The van der Waals surface area contributed by atoms with Crippen molar-refractivity contribution in [3.8, 4) is 0 Å². The van der Waals surface area contributed by atoms with E-state index in [-0.39, 0.29) is 6.39 Å². The Morgan fingerprint density at radius 2 is 1.37 bits per heavy atom. The lowest BCUT2D eigenvalue weighted by Gasteiger charge is -2.17. The topological polar surface area (TPSA) is 68.8 Å². The molecule has 3 rings (SSSR count). The van der Waals surface area contributed by atoms with Gasteiger partial charge in [0, 0.05) is 129 Å². The fourth-order valence-corrected chi connectivity index (χ4v) is 1.76. The van der Waals surface area contributed by atoms with Crippen LogP contribution in [0, 0.1) is 0 Å². The molecule has 22 heteroatoms. The van der Waals surface area contributed by atoms with E-state index in [2.05, 4.69) is 15.5 Å². The smallest absolute Gasteiger partial charge is 0.137 e. The Hall–Kier alpha value is 0.164. The van der Waals surface area contributed by atoms with E-state index in [0.717, 1.165) is 0 Å². The van der Waals surface area contributed by atoms with Gasteiger partial charge in [0.15, 0.2) is 0 Å². The van der Waals surface area contributed by atoms with Crippen LogP contribution in [0.5, 0.6) is 0 Å². The SMILES string of the molecule is NNC1CC1.[B]B([B])B([B])B([B])[B].[B][B]B(B([B])[B])B([B])[B].c1ncn(C2CC2)n1. The zero-order chi connectivity index (χ0) is 23.3. The van der Waals surface area contributed by atoms with Gasteiger partial charge in [0.2, 0.25) is 0 Å². The van der Waals surface area contributed by atoms with Gasteiger partial charge in [-0.15, -0.1) is 0 Å². The highest BCUT2D eigenvalue weighted by Crippen LogP contribution is 2.33. The maximum atomic E-state index is 5.26. The Labute approximate surface area is 198 Å². The van der Waals surface area contributed by atoms with Crippen molar-refractivity contribution < 1.29 is 0 Å². The van der Waals surface area contributed by atoms with Gasteiger partial charge in [0.25, 0.3) is 0 Å². The largest absolute Gasteiger partial charge is 0.271 e. The van der Waals surface area contributed by atoms with E-state index in [1.54, 1.807) is 12.7 Å². The molecule has 0 bridgehead atoms. The molecule has 0 aliphatic heterocycles. The maximum Gasteiger partial charge on any atom is 0.137 e. The van der Waals surface area contributed by atoms with Crippen LogP contribution < -0.4 is 11.3 Å². The molecule has 5 nitrogen and oxygen atoms in total. The Morgan fingerprint density at radius 1 is 0.867 bits per heavy atom. The molecule has 21 radical (unpaired) electrons. The molecule has 1 aromatic heterocycles. The molecule has 1 aromatic rings. The van der Waals surface area contributed by atoms with E-state index in [1.165, 1.54) is 32.7 Å². The zero-order valence-electron chi connectivity index (χ0n) is 17.4. The fraction of sp³-hybridized carbons (Fsp3) is 0.750. The van der Waals surface area contributed by atoms with E-state index < -0.39 is 31.9 Å². The van der Waals surface area contributed by atoms with E-state index in [0.29, 0.717) is 12.1 Å². The first kappa shape index (κ1) is 30.2. The summed E-state index contributed by atoms with van der Waals surface area (Å²) in [7, 11) is 53.2. The van der Waals surface area contributed by atoms with E-state index >= 15 is 0 Å². The van der Waals surface area contributed by atoms with Gasteiger partial charge in [-0.2, -0.15) is 5.10 Å².